The summed E-state index contributed by atoms with van der Waals surface area (Å²) in [6.45, 7) is 2.64. The van der Waals surface area contributed by atoms with Crippen LogP contribution in [0.15, 0.2) is 36.5 Å². The normalized spacial score (nSPS) is 21.7. The molecule has 2 heterocycles. The van der Waals surface area contributed by atoms with Crippen molar-refractivity contribution in [2.75, 3.05) is 18.8 Å². The van der Waals surface area contributed by atoms with Crippen LogP contribution in [0.4, 0.5) is 5.69 Å². The van der Waals surface area contributed by atoms with E-state index in [0.29, 0.717) is 30.9 Å². The van der Waals surface area contributed by atoms with Crippen LogP contribution in [-0.2, 0) is 0 Å². The molecule has 1 fully saturated rings. The molecule has 0 radical (unpaired) electrons. The van der Waals surface area contributed by atoms with Crippen LogP contribution in [-0.4, -0.2) is 44.4 Å². The number of likely N-dealkylation sites (tertiary alicyclic amines) is 1. The molecule has 1 aliphatic heterocycles. The Morgan fingerprint density at radius 3 is 2.90 bits per heavy atom. The van der Waals surface area contributed by atoms with E-state index in [0.717, 1.165) is 5.69 Å². The number of rotatable bonds is 2. The summed E-state index contributed by atoms with van der Waals surface area (Å²) >= 11 is 0. The quantitative estimate of drug-likeness (QED) is 0.808. The molecule has 1 unspecified atom stereocenters. The molecule has 21 heavy (non-hydrogen) atoms. The lowest BCUT2D eigenvalue weighted by molar-refractivity contribution is 0.0569. The van der Waals surface area contributed by atoms with Gasteiger partial charge in [-0.1, -0.05) is 6.07 Å². The van der Waals surface area contributed by atoms with E-state index in [-0.39, 0.29) is 5.91 Å². The molecule has 0 spiro atoms. The van der Waals surface area contributed by atoms with Gasteiger partial charge in [-0.05, 0) is 37.6 Å². The second kappa shape index (κ2) is 4.89. The molecule has 0 saturated carbocycles. The van der Waals surface area contributed by atoms with E-state index < -0.39 is 5.60 Å². The number of β-amino-alcohol motifs (C(OH)–C–C–N with tert-alkyl or cyclic N) is 1. The number of amides is 1. The summed E-state index contributed by atoms with van der Waals surface area (Å²) in [5, 5.41) is 14.2. The minimum absolute atomic E-state index is 0.157. The lowest BCUT2D eigenvalue weighted by Crippen LogP contribution is -2.34. The van der Waals surface area contributed by atoms with E-state index in [9.17, 15) is 9.90 Å². The van der Waals surface area contributed by atoms with Gasteiger partial charge in [0.05, 0.1) is 11.3 Å². The number of aliphatic hydroxyl groups is 1. The lowest BCUT2D eigenvalue weighted by Gasteiger charge is -2.17. The van der Waals surface area contributed by atoms with Gasteiger partial charge in [-0.3, -0.25) is 4.79 Å². The van der Waals surface area contributed by atoms with Gasteiger partial charge >= 0.3 is 0 Å². The monoisotopic (exact) mass is 286 g/mol. The third kappa shape index (κ3) is 2.75. The molecule has 1 aliphatic rings. The van der Waals surface area contributed by atoms with Crippen LogP contribution in [0.3, 0.4) is 0 Å². The zero-order valence-corrected chi connectivity index (χ0v) is 11.9. The van der Waals surface area contributed by atoms with Gasteiger partial charge in [0.25, 0.3) is 5.91 Å². The van der Waals surface area contributed by atoms with Crippen LogP contribution < -0.4 is 5.73 Å². The van der Waals surface area contributed by atoms with Crippen molar-refractivity contribution in [2.45, 2.75) is 18.9 Å². The second-order valence-electron chi connectivity index (χ2n) is 5.71. The van der Waals surface area contributed by atoms with Crippen molar-refractivity contribution in [2.24, 2.45) is 0 Å². The molecule has 2 aromatic rings. The lowest BCUT2D eigenvalue weighted by atomic mass is 10.1. The van der Waals surface area contributed by atoms with Crippen molar-refractivity contribution in [3.63, 3.8) is 0 Å². The smallest absolute Gasteiger partial charge is 0.274 e. The first-order valence-electron chi connectivity index (χ1n) is 6.88. The number of aromatic nitrogens is 2. The molecule has 6 heteroatoms. The molecule has 110 valence electrons. The maximum Gasteiger partial charge on any atom is 0.274 e. The molecule has 1 aromatic carbocycles. The van der Waals surface area contributed by atoms with Gasteiger partial charge in [0.1, 0.15) is 0 Å². The highest BCUT2D eigenvalue weighted by atomic mass is 16.3. The first kappa shape index (κ1) is 13.6. The minimum atomic E-state index is -0.799. The Hall–Kier alpha value is -2.34. The Morgan fingerprint density at radius 2 is 2.24 bits per heavy atom. The zero-order chi connectivity index (χ0) is 15.0. The molecule has 1 aromatic heterocycles. The van der Waals surface area contributed by atoms with Gasteiger partial charge in [-0.2, -0.15) is 5.10 Å². The topological polar surface area (TPSA) is 84.4 Å². The number of nitrogens with zero attached hydrogens (tertiary/aromatic N) is 3. The molecule has 6 nitrogen and oxygen atoms in total. The molecular formula is C15H18N4O2. The van der Waals surface area contributed by atoms with E-state index in [2.05, 4.69) is 5.10 Å². The minimum Gasteiger partial charge on any atom is -0.399 e. The van der Waals surface area contributed by atoms with Crippen LogP contribution in [0, 0.1) is 0 Å². The Labute approximate surface area is 122 Å². The molecule has 0 aliphatic carbocycles. The highest BCUT2D eigenvalue weighted by Gasteiger charge is 2.34. The van der Waals surface area contributed by atoms with Crippen LogP contribution in [0.2, 0.25) is 0 Å². The van der Waals surface area contributed by atoms with Crippen molar-refractivity contribution in [3.05, 3.63) is 42.2 Å². The Balaban J connectivity index is 1.81. The third-order valence-electron chi connectivity index (χ3n) is 3.68. The first-order chi connectivity index (χ1) is 9.94. The highest BCUT2D eigenvalue weighted by Crippen LogP contribution is 2.22. The van der Waals surface area contributed by atoms with E-state index >= 15 is 0 Å². The van der Waals surface area contributed by atoms with Crippen molar-refractivity contribution in [1.82, 2.24) is 14.7 Å². The van der Waals surface area contributed by atoms with Gasteiger partial charge in [0.2, 0.25) is 0 Å². The Bertz CT molecular complexity index is 678. The number of nitrogen functional groups attached to an aromatic ring is 1. The number of carbonyl (C=O) groups is 1. The summed E-state index contributed by atoms with van der Waals surface area (Å²) in [4.78, 5) is 14.0. The maximum absolute atomic E-state index is 12.4. The molecule has 1 atom stereocenters. The van der Waals surface area contributed by atoms with Crippen molar-refractivity contribution in [3.8, 4) is 5.69 Å². The average Bonchev–Trinajstić information content (AvgIpc) is 3.04. The van der Waals surface area contributed by atoms with Gasteiger partial charge < -0.3 is 15.7 Å². The average molecular weight is 286 g/mol. The van der Waals surface area contributed by atoms with Crippen LogP contribution in [0.25, 0.3) is 5.69 Å². The highest BCUT2D eigenvalue weighted by molar-refractivity contribution is 5.92. The summed E-state index contributed by atoms with van der Waals surface area (Å²) in [6.07, 6.45) is 2.32. The van der Waals surface area contributed by atoms with Gasteiger partial charge in [0.15, 0.2) is 5.69 Å². The number of benzene rings is 1. The summed E-state index contributed by atoms with van der Waals surface area (Å²) in [5.41, 5.74) is 6.77. The maximum atomic E-state index is 12.4. The van der Waals surface area contributed by atoms with E-state index in [1.165, 1.54) is 0 Å². The second-order valence-corrected chi connectivity index (χ2v) is 5.71. The fourth-order valence-electron chi connectivity index (χ4n) is 2.53. The van der Waals surface area contributed by atoms with Crippen molar-refractivity contribution < 1.29 is 9.90 Å². The summed E-state index contributed by atoms with van der Waals surface area (Å²) < 4.78 is 1.62. The molecule has 3 N–H and O–H groups in total. The number of hydrogen-bond acceptors (Lipinski definition) is 4. The number of carbonyl (C=O) groups excluding carboxylic acids is 1. The van der Waals surface area contributed by atoms with Crippen molar-refractivity contribution >= 4 is 11.6 Å². The number of anilines is 1. The van der Waals surface area contributed by atoms with Gasteiger partial charge in [0, 0.05) is 25.0 Å². The van der Waals surface area contributed by atoms with Crippen LogP contribution >= 0.6 is 0 Å². The van der Waals surface area contributed by atoms with Crippen LogP contribution in [0.1, 0.15) is 23.8 Å². The SMILES string of the molecule is CC1(O)CCN(C(=O)c2ccn(-c3cccc(N)c3)n2)C1. The molecule has 1 amide bonds. The van der Waals surface area contributed by atoms with E-state index in [4.69, 9.17) is 5.73 Å². The number of nitrogens with two attached hydrogens (primary N) is 1. The van der Waals surface area contributed by atoms with E-state index in [1.807, 2.05) is 12.1 Å². The zero-order valence-electron chi connectivity index (χ0n) is 11.9. The largest absolute Gasteiger partial charge is 0.399 e. The molecule has 3 rings (SSSR count). The molecule has 0 bridgehead atoms. The summed E-state index contributed by atoms with van der Waals surface area (Å²) in [5.74, 6) is -0.157. The Kier molecular flexibility index (Phi) is 3.17. The Morgan fingerprint density at radius 1 is 1.43 bits per heavy atom. The summed E-state index contributed by atoms with van der Waals surface area (Å²) in [6, 6.07) is 8.98. The first-order valence-corrected chi connectivity index (χ1v) is 6.88. The van der Waals surface area contributed by atoms with Gasteiger partial charge in [-0.25, -0.2) is 4.68 Å². The predicted molar refractivity (Wildman–Crippen MR) is 79.1 cm³/mol. The van der Waals surface area contributed by atoms with Crippen molar-refractivity contribution in [1.29, 1.82) is 0 Å². The fraction of sp³-hybridized carbons (Fsp3) is 0.333. The predicted octanol–water partition coefficient (Wildman–Crippen LogP) is 1.05. The standard InChI is InChI=1S/C15H18N4O2/c1-15(21)6-8-18(10-15)14(20)13-5-7-19(17-13)12-4-2-3-11(16)9-12/h2-5,7,9,21H,6,8,10,16H2,1H3. The molecular weight excluding hydrogens is 268 g/mol. The fourth-order valence-corrected chi connectivity index (χ4v) is 2.53. The van der Waals surface area contributed by atoms with Crippen LogP contribution in [0.5, 0.6) is 0 Å². The number of hydrogen-bond donors (Lipinski definition) is 2. The molecule has 1 saturated heterocycles. The van der Waals surface area contributed by atoms with Gasteiger partial charge in [-0.15, -0.1) is 0 Å². The third-order valence-corrected chi connectivity index (χ3v) is 3.68. The summed E-state index contributed by atoms with van der Waals surface area (Å²) in [7, 11) is 0. The van der Waals surface area contributed by atoms with E-state index in [1.54, 1.807) is 40.9 Å².